The van der Waals surface area contributed by atoms with Crippen molar-refractivity contribution in [3.05, 3.63) is 23.8 Å². The first-order chi connectivity index (χ1) is 6.13. The van der Waals surface area contributed by atoms with Gasteiger partial charge in [-0.15, -0.1) is 0 Å². The van der Waals surface area contributed by atoms with Crippen LogP contribution in [0.15, 0.2) is 18.2 Å². The smallest absolute Gasteiger partial charge is 0.125 e. The van der Waals surface area contributed by atoms with E-state index in [2.05, 4.69) is 37.4 Å². The van der Waals surface area contributed by atoms with Crippen LogP contribution in [0.4, 0.5) is 5.69 Å². The van der Waals surface area contributed by atoms with Crippen LogP contribution in [-0.2, 0) is 5.41 Å². The van der Waals surface area contributed by atoms with Crippen LogP contribution in [-0.4, -0.2) is 13.7 Å². The fourth-order valence-electron chi connectivity index (χ4n) is 1.69. The van der Waals surface area contributed by atoms with E-state index < -0.39 is 0 Å². The molecular formula is C11H15NO. The van der Waals surface area contributed by atoms with E-state index in [4.69, 9.17) is 4.74 Å². The molecule has 0 unspecified atom stereocenters. The van der Waals surface area contributed by atoms with Crippen LogP contribution in [0.1, 0.15) is 19.4 Å². The van der Waals surface area contributed by atoms with E-state index in [-0.39, 0.29) is 5.41 Å². The zero-order valence-corrected chi connectivity index (χ0v) is 8.35. The summed E-state index contributed by atoms with van der Waals surface area (Å²) in [6.07, 6.45) is 0. The number of rotatable bonds is 1. The molecule has 1 aromatic rings. The maximum atomic E-state index is 5.62. The van der Waals surface area contributed by atoms with Crippen molar-refractivity contribution in [3.63, 3.8) is 0 Å². The zero-order valence-electron chi connectivity index (χ0n) is 8.35. The van der Waals surface area contributed by atoms with E-state index in [0.717, 1.165) is 18.0 Å². The Kier molecular flexibility index (Phi) is 1.72. The predicted octanol–water partition coefficient (Wildman–Crippen LogP) is 2.40. The molecule has 1 N–H and O–H groups in total. The Labute approximate surface area is 78.9 Å². The summed E-state index contributed by atoms with van der Waals surface area (Å²) in [6.45, 7) is 5.20. The number of hydrogen-bond donors (Lipinski definition) is 1. The van der Waals surface area contributed by atoms with Gasteiger partial charge < -0.3 is 10.1 Å². The van der Waals surface area contributed by atoms with Crippen LogP contribution in [0, 0.1) is 0 Å². The normalized spacial score (nSPS) is 17.8. The predicted molar refractivity (Wildman–Crippen MR) is 54.5 cm³/mol. The molecule has 2 rings (SSSR count). The summed E-state index contributed by atoms with van der Waals surface area (Å²) in [5.74, 6) is 1.02. The Balaban J connectivity index is 2.46. The number of fused-ring (bicyclic) bond motifs is 1. The van der Waals surface area contributed by atoms with Crippen LogP contribution in [0.5, 0.6) is 5.75 Å². The Morgan fingerprint density at radius 2 is 2.15 bits per heavy atom. The molecule has 70 valence electrons. The highest BCUT2D eigenvalue weighted by atomic mass is 16.5. The average Bonchev–Trinajstić information content (AvgIpc) is 2.42. The van der Waals surface area contributed by atoms with Gasteiger partial charge in [0.2, 0.25) is 0 Å². The minimum Gasteiger partial charge on any atom is -0.492 e. The molecule has 13 heavy (non-hydrogen) atoms. The van der Waals surface area contributed by atoms with Gasteiger partial charge in [0, 0.05) is 29.8 Å². The summed E-state index contributed by atoms with van der Waals surface area (Å²) < 4.78 is 5.62. The Hall–Kier alpha value is -1.18. The molecule has 0 atom stereocenters. The molecule has 0 fully saturated rings. The number of benzene rings is 1. The Morgan fingerprint density at radius 1 is 1.38 bits per heavy atom. The fraction of sp³-hybridized carbons (Fsp3) is 0.455. The van der Waals surface area contributed by atoms with Gasteiger partial charge in [-0.25, -0.2) is 0 Å². The van der Waals surface area contributed by atoms with Gasteiger partial charge in [-0.2, -0.15) is 0 Å². The lowest BCUT2D eigenvalue weighted by atomic mass is 9.87. The van der Waals surface area contributed by atoms with Gasteiger partial charge in [0.15, 0.2) is 0 Å². The van der Waals surface area contributed by atoms with E-state index in [1.165, 1.54) is 5.56 Å². The van der Waals surface area contributed by atoms with Crippen molar-refractivity contribution in [3.8, 4) is 5.75 Å². The summed E-state index contributed by atoms with van der Waals surface area (Å²) in [4.78, 5) is 0. The molecule has 0 bridgehead atoms. The first-order valence-corrected chi connectivity index (χ1v) is 4.58. The van der Waals surface area contributed by atoms with Crippen molar-refractivity contribution in [1.29, 1.82) is 0 Å². The highest BCUT2D eigenvalue weighted by Crippen LogP contribution is 2.39. The maximum absolute atomic E-state index is 5.62. The molecule has 0 amide bonds. The van der Waals surface area contributed by atoms with Crippen molar-refractivity contribution in [2.45, 2.75) is 19.3 Å². The van der Waals surface area contributed by atoms with Crippen LogP contribution in [0.25, 0.3) is 0 Å². The lowest BCUT2D eigenvalue weighted by Gasteiger charge is -2.14. The van der Waals surface area contributed by atoms with Crippen LogP contribution >= 0.6 is 0 Å². The third-order valence-electron chi connectivity index (χ3n) is 2.59. The van der Waals surface area contributed by atoms with Gasteiger partial charge in [0.25, 0.3) is 0 Å². The van der Waals surface area contributed by atoms with Crippen molar-refractivity contribution < 1.29 is 4.74 Å². The number of anilines is 1. The van der Waals surface area contributed by atoms with E-state index in [0.29, 0.717) is 0 Å². The van der Waals surface area contributed by atoms with Gasteiger partial charge in [-0.1, -0.05) is 19.9 Å². The third kappa shape index (κ3) is 1.26. The molecular weight excluding hydrogens is 162 g/mol. The highest BCUT2D eigenvalue weighted by molar-refractivity contribution is 5.55. The maximum Gasteiger partial charge on any atom is 0.125 e. The lowest BCUT2D eigenvalue weighted by molar-refractivity contribution is 0.291. The first-order valence-electron chi connectivity index (χ1n) is 4.58. The van der Waals surface area contributed by atoms with Crippen LogP contribution in [0.2, 0.25) is 0 Å². The summed E-state index contributed by atoms with van der Waals surface area (Å²) in [5.41, 5.74) is 2.59. The van der Waals surface area contributed by atoms with E-state index in [1.54, 1.807) is 0 Å². The van der Waals surface area contributed by atoms with E-state index in [9.17, 15) is 0 Å². The third-order valence-corrected chi connectivity index (χ3v) is 2.59. The SMILES string of the molecule is CNc1ccc2c(c1)OCC2(C)C. The van der Waals surface area contributed by atoms with Crippen LogP contribution in [0.3, 0.4) is 0 Å². The minimum atomic E-state index is 0.168. The van der Waals surface area contributed by atoms with E-state index in [1.807, 2.05) is 7.05 Å². The second-order valence-electron chi connectivity index (χ2n) is 4.13. The molecule has 0 aliphatic carbocycles. The highest BCUT2D eigenvalue weighted by Gasteiger charge is 2.31. The van der Waals surface area contributed by atoms with E-state index >= 15 is 0 Å². The number of ether oxygens (including phenoxy) is 1. The second kappa shape index (κ2) is 2.66. The molecule has 1 aliphatic heterocycles. The molecule has 2 nitrogen and oxygen atoms in total. The number of hydrogen-bond acceptors (Lipinski definition) is 2. The summed E-state index contributed by atoms with van der Waals surface area (Å²) in [6, 6.07) is 6.30. The van der Waals surface area contributed by atoms with Crippen LogP contribution < -0.4 is 10.1 Å². The Bertz CT molecular complexity index is 331. The summed E-state index contributed by atoms with van der Waals surface area (Å²) in [5, 5.41) is 3.10. The van der Waals surface area contributed by atoms with Gasteiger partial charge in [-0.3, -0.25) is 0 Å². The van der Waals surface area contributed by atoms with Crippen molar-refractivity contribution in [2.24, 2.45) is 0 Å². The second-order valence-corrected chi connectivity index (χ2v) is 4.13. The monoisotopic (exact) mass is 177 g/mol. The molecule has 0 radical (unpaired) electrons. The molecule has 0 saturated heterocycles. The summed E-state index contributed by atoms with van der Waals surface area (Å²) in [7, 11) is 1.92. The molecule has 1 aliphatic rings. The van der Waals surface area contributed by atoms with Gasteiger partial charge in [-0.05, 0) is 6.07 Å². The zero-order chi connectivity index (χ0) is 9.47. The molecule has 1 heterocycles. The minimum absolute atomic E-state index is 0.168. The van der Waals surface area contributed by atoms with Gasteiger partial charge in [0.1, 0.15) is 5.75 Å². The average molecular weight is 177 g/mol. The van der Waals surface area contributed by atoms with Crippen molar-refractivity contribution in [1.82, 2.24) is 0 Å². The molecule has 0 aromatic heterocycles. The van der Waals surface area contributed by atoms with Crippen molar-refractivity contribution >= 4 is 5.69 Å². The standard InChI is InChI=1S/C11H15NO/c1-11(2)7-13-10-6-8(12-3)4-5-9(10)11/h4-6,12H,7H2,1-3H3. The first kappa shape index (κ1) is 8.42. The fourth-order valence-corrected chi connectivity index (χ4v) is 1.69. The molecule has 1 aromatic carbocycles. The lowest BCUT2D eigenvalue weighted by Crippen LogP contribution is -2.18. The van der Waals surface area contributed by atoms with Gasteiger partial charge in [0.05, 0.1) is 6.61 Å². The topological polar surface area (TPSA) is 21.3 Å². The molecule has 0 spiro atoms. The quantitative estimate of drug-likeness (QED) is 0.711. The largest absolute Gasteiger partial charge is 0.492 e. The van der Waals surface area contributed by atoms with Gasteiger partial charge >= 0.3 is 0 Å². The molecule has 2 heteroatoms. The number of nitrogens with one attached hydrogen (secondary N) is 1. The molecule has 0 saturated carbocycles. The summed E-state index contributed by atoms with van der Waals surface area (Å²) >= 11 is 0. The van der Waals surface area contributed by atoms with Crippen molar-refractivity contribution in [2.75, 3.05) is 19.0 Å². The Morgan fingerprint density at radius 3 is 2.85 bits per heavy atom.